The molecule has 0 heterocycles. The van der Waals surface area contributed by atoms with Crippen molar-refractivity contribution in [1.29, 1.82) is 0 Å². The number of nitrogens with one attached hydrogen (secondary N) is 2. The van der Waals surface area contributed by atoms with Gasteiger partial charge in [-0.1, -0.05) is 42.5 Å². The minimum absolute atomic E-state index is 0.0613. The Kier molecular flexibility index (Phi) is 8.81. The minimum Gasteiger partial charge on any atom is -0.494 e. The number of hydrogen-bond donors (Lipinski definition) is 2. The Bertz CT molecular complexity index is 835. The number of aliphatic imine (C=N–C) groups is 1. The van der Waals surface area contributed by atoms with Crippen LogP contribution >= 0.6 is 0 Å². The summed E-state index contributed by atoms with van der Waals surface area (Å²) in [5.41, 5.74) is 1.82. The van der Waals surface area contributed by atoms with Gasteiger partial charge in [-0.2, -0.15) is 0 Å². The SMILES string of the molecule is CCNC(=NCc1ccc(CS(C)(=O)=O)cc1)NCCCOc1ccccc1. The predicted octanol–water partition coefficient (Wildman–Crippen LogP) is 2.76. The normalized spacial score (nSPS) is 11.9. The van der Waals surface area contributed by atoms with E-state index in [-0.39, 0.29) is 5.75 Å². The molecule has 0 aliphatic heterocycles. The maximum absolute atomic E-state index is 11.4. The van der Waals surface area contributed by atoms with E-state index in [2.05, 4.69) is 15.6 Å². The van der Waals surface area contributed by atoms with Gasteiger partial charge in [0.15, 0.2) is 15.8 Å². The van der Waals surface area contributed by atoms with Crippen LogP contribution in [-0.2, 0) is 22.1 Å². The summed E-state index contributed by atoms with van der Waals surface area (Å²) in [6.07, 6.45) is 2.10. The van der Waals surface area contributed by atoms with Crippen LogP contribution in [-0.4, -0.2) is 40.3 Å². The lowest BCUT2D eigenvalue weighted by atomic mass is 10.1. The fourth-order valence-corrected chi connectivity index (χ4v) is 3.34. The van der Waals surface area contributed by atoms with Crippen molar-refractivity contribution in [2.75, 3.05) is 26.0 Å². The lowest BCUT2D eigenvalue weighted by molar-refractivity contribution is 0.311. The van der Waals surface area contributed by atoms with Crippen molar-refractivity contribution in [3.8, 4) is 5.75 Å². The maximum Gasteiger partial charge on any atom is 0.191 e. The highest BCUT2D eigenvalue weighted by atomic mass is 32.2. The number of sulfone groups is 1. The molecule has 0 atom stereocenters. The fraction of sp³-hybridized carbons (Fsp3) is 0.381. The highest BCUT2D eigenvalue weighted by Gasteiger charge is 2.04. The first kappa shape index (κ1) is 21.8. The molecule has 0 aliphatic carbocycles. The van der Waals surface area contributed by atoms with Crippen LogP contribution < -0.4 is 15.4 Å². The van der Waals surface area contributed by atoms with Crippen LogP contribution in [0.25, 0.3) is 0 Å². The smallest absolute Gasteiger partial charge is 0.191 e. The zero-order valence-electron chi connectivity index (χ0n) is 16.5. The average molecular weight is 404 g/mol. The number of benzene rings is 2. The molecule has 2 aromatic rings. The lowest BCUT2D eigenvalue weighted by Gasteiger charge is -2.12. The van der Waals surface area contributed by atoms with Gasteiger partial charge in [0.2, 0.25) is 0 Å². The highest BCUT2D eigenvalue weighted by Crippen LogP contribution is 2.09. The van der Waals surface area contributed by atoms with Gasteiger partial charge in [0.25, 0.3) is 0 Å². The Balaban J connectivity index is 1.77. The monoisotopic (exact) mass is 403 g/mol. The van der Waals surface area contributed by atoms with Crippen molar-refractivity contribution in [2.24, 2.45) is 4.99 Å². The van der Waals surface area contributed by atoms with Crippen LogP contribution in [0.1, 0.15) is 24.5 Å². The first-order valence-electron chi connectivity index (χ1n) is 9.42. The Labute approximate surface area is 168 Å². The van der Waals surface area contributed by atoms with E-state index in [9.17, 15) is 8.42 Å². The van der Waals surface area contributed by atoms with E-state index < -0.39 is 9.84 Å². The summed E-state index contributed by atoms with van der Waals surface area (Å²) < 4.78 is 28.4. The summed E-state index contributed by atoms with van der Waals surface area (Å²) in [6.45, 7) is 4.72. The maximum atomic E-state index is 11.4. The van der Waals surface area contributed by atoms with Crippen LogP contribution in [0.2, 0.25) is 0 Å². The second-order valence-electron chi connectivity index (χ2n) is 6.52. The summed E-state index contributed by atoms with van der Waals surface area (Å²) in [7, 11) is -3.01. The van der Waals surface area contributed by atoms with Gasteiger partial charge in [-0.3, -0.25) is 0 Å². The van der Waals surface area contributed by atoms with E-state index in [0.717, 1.165) is 42.3 Å². The minimum atomic E-state index is -3.01. The molecular formula is C21H29N3O3S. The number of guanidine groups is 1. The van der Waals surface area contributed by atoms with Gasteiger partial charge in [-0.05, 0) is 36.6 Å². The first-order valence-corrected chi connectivity index (χ1v) is 11.5. The van der Waals surface area contributed by atoms with Crippen molar-refractivity contribution in [1.82, 2.24) is 10.6 Å². The first-order chi connectivity index (χ1) is 13.5. The highest BCUT2D eigenvalue weighted by molar-refractivity contribution is 7.89. The summed E-state index contributed by atoms with van der Waals surface area (Å²) in [4.78, 5) is 4.58. The molecule has 2 rings (SSSR count). The molecule has 2 N–H and O–H groups in total. The second-order valence-corrected chi connectivity index (χ2v) is 8.66. The zero-order chi connectivity index (χ0) is 20.2. The van der Waals surface area contributed by atoms with Gasteiger partial charge < -0.3 is 15.4 Å². The van der Waals surface area contributed by atoms with E-state index in [4.69, 9.17) is 4.74 Å². The molecule has 7 heteroatoms. The summed E-state index contributed by atoms with van der Waals surface area (Å²) in [6, 6.07) is 17.3. The number of para-hydroxylation sites is 1. The fourth-order valence-electron chi connectivity index (χ4n) is 2.54. The summed E-state index contributed by atoms with van der Waals surface area (Å²) in [5, 5.41) is 6.52. The lowest BCUT2D eigenvalue weighted by Crippen LogP contribution is -2.38. The van der Waals surface area contributed by atoms with Crippen molar-refractivity contribution in [3.63, 3.8) is 0 Å². The molecule has 6 nitrogen and oxygen atoms in total. The van der Waals surface area contributed by atoms with E-state index in [1.807, 2.05) is 61.5 Å². The molecule has 152 valence electrons. The standard InChI is InChI=1S/C21H29N3O3S/c1-3-22-21(23-14-7-15-27-20-8-5-4-6-9-20)24-16-18-10-12-19(13-11-18)17-28(2,25)26/h4-6,8-13H,3,7,14-17H2,1-2H3,(H2,22,23,24). The van der Waals surface area contributed by atoms with Crippen LogP contribution in [0.5, 0.6) is 5.75 Å². The van der Waals surface area contributed by atoms with Crippen LogP contribution in [0.15, 0.2) is 59.6 Å². The molecule has 0 fully saturated rings. The molecule has 2 aromatic carbocycles. The van der Waals surface area contributed by atoms with Crippen LogP contribution in [0.3, 0.4) is 0 Å². The third-order valence-corrected chi connectivity index (χ3v) is 4.70. The summed E-state index contributed by atoms with van der Waals surface area (Å²) >= 11 is 0. The van der Waals surface area contributed by atoms with Crippen molar-refractivity contribution < 1.29 is 13.2 Å². The molecule has 0 unspecified atom stereocenters. The van der Waals surface area contributed by atoms with E-state index >= 15 is 0 Å². The number of hydrogen-bond acceptors (Lipinski definition) is 4. The molecule has 0 bridgehead atoms. The van der Waals surface area contributed by atoms with Gasteiger partial charge in [-0.15, -0.1) is 0 Å². The molecule has 0 aromatic heterocycles. The third-order valence-electron chi connectivity index (χ3n) is 3.84. The van der Waals surface area contributed by atoms with E-state index in [0.29, 0.717) is 13.2 Å². The third kappa shape index (κ3) is 8.90. The van der Waals surface area contributed by atoms with Crippen LogP contribution in [0.4, 0.5) is 0 Å². The molecule has 0 saturated heterocycles. The number of ether oxygens (including phenoxy) is 1. The topological polar surface area (TPSA) is 79.8 Å². The molecule has 0 spiro atoms. The van der Waals surface area contributed by atoms with Gasteiger partial charge in [0, 0.05) is 19.3 Å². The molecule has 28 heavy (non-hydrogen) atoms. The Morgan fingerprint density at radius 2 is 1.68 bits per heavy atom. The quantitative estimate of drug-likeness (QED) is 0.362. The van der Waals surface area contributed by atoms with Crippen molar-refractivity contribution in [3.05, 3.63) is 65.7 Å². The molecule has 0 saturated carbocycles. The van der Waals surface area contributed by atoms with Gasteiger partial charge >= 0.3 is 0 Å². The number of nitrogens with zero attached hydrogens (tertiary/aromatic N) is 1. The second kappa shape index (κ2) is 11.3. The van der Waals surface area contributed by atoms with Crippen molar-refractivity contribution in [2.45, 2.75) is 25.6 Å². The van der Waals surface area contributed by atoms with E-state index in [1.54, 1.807) is 0 Å². The van der Waals surface area contributed by atoms with Gasteiger partial charge in [-0.25, -0.2) is 13.4 Å². The molecule has 0 amide bonds. The average Bonchev–Trinajstić information content (AvgIpc) is 2.66. The molecule has 0 radical (unpaired) electrons. The predicted molar refractivity (Wildman–Crippen MR) is 114 cm³/mol. The summed E-state index contributed by atoms with van der Waals surface area (Å²) in [5.74, 6) is 1.69. The van der Waals surface area contributed by atoms with Crippen molar-refractivity contribution >= 4 is 15.8 Å². The largest absolute Gasteiger partial charge is 0.494 e. The zero-order valence-corrected chi connectivity index (χ0v) is 17.3. The Morgan fingerprint density at radius 1 is 1.00 bits per heavy atom. The molecule has 0 aliphatic rings. The van der Waals surface area contributed by atoms with Gasteiger partial charge in [0.1, 0.15) is 5.75 Å². The Morgan fingerprint density at radius 3 is 2.32 bits per heavy atom. The van der Waals surface area contributed by atoms with Gasteiger partial charge in [0.05, 0.1) is 18.9 Å². The molecular weight excluding hydrogens is 374 g/mol. The Hall–Kier alpha value is -2.54. The van der Waals surface area contributed by atoms with Crippen LogP contribution in [0, 0.1) is 0 Å². The van der Waals surface area contributed by atoms with E-state index in [1.165, 1.54) is 6.26 Å². The number of rotatable bonds is 10.